The van der Waals surface area contributed by atoms with Gasteiger partial charge in [0.2, 0.25) is 15.7 Å². The lowest BCUT2D eigenvalue weighted by Crippen LogP contribution is -2.57. The molecule has 0 aliphatic carbocycles. The van der Waals surface area contributed by atoms with Gasteiger partial charge in [-0.2, -0.15) is 0 Å². The highest BCUT2D eigenvalue weighted by molar-refractivity contribution is 8.14. The van der Waals surface area contributed by atoms with Crippen LogP contribution in [-0.4, -0.2) is 66.1 Å². The summed E-state index contributed by atoms with van der Waals surface area (Å²) in [6.07, 6.45) is 0. The largest absolute Gasteiger partial charge is 0.480 e. The Labute approximate surface area is 249 Å². The molecule has 1 aliphatic heterocycles. The smallest absolute Gasteiger partial charge is 0.328 e. The quantitative estimate of drug-likeness (QED) is 0.222. The molecule has 1 aliphatic rings. The van der Waals surface area contributed by atoms with Crippen molar-refractivity contribution in [1.29, 1.82) is 0 Å². The number of rotatable bonds is 11. The lowest BCUT2D eigenvalue weighted by Gasteiger charge is -2.26. The molecule has 0 bridgehead atoms. The van der Waals surface area contributed by atoms with Crippen molar-refractivity contribution in [3.63, 3.8) is 0 Å². The summed E-state index contributed by atoms with van der Waals surface area (Å²) in [6, 6.07) is 24.3. The Bertz CT molecular complexity index is 1450. The minimum absolute atomic E-state index is 0.118. The van der Waals surface area contributed by atoms with Gasteiger partial charge in [-0.25, -0.2) is 18.0 Å². The number of urea groups is 1. The maximum atomic E-state index is 13.2. The number of hydrogen-bond acceptors (Lipinski definition) is 7. The van der Waals surface area contributed by atoms with Gasteiger partial charge in [-0.15, -0.1) is 11.8 Å². The fourth-order valence-electron chi connectivity index (χ4n) is 4.70. The second-order valence-corrected chi connectivity index (χ2v) is 14.5. The molecule has 5 N–H and O–H groups in total. The molecule has 3 aromatic rings. The number of aliphatic carboxylic acids is 1. The van der Waals surface area contributed by atoms with E-state index >= 15 is 0 Å². The molecule has 3 unspecified atom stereocenters. The van der Waals surface area contributed by atoms with Crippen LogP contribution >= 0.6 is 11.8 Å². The third-order valence-electron chi connectivity index (χ3n) is 6.98. The van der Waals surface area contributed by atoms with Gasteiger partial charge in [0.15, 0.2) is 4.71 Å². The van der Waals surface area contributed by atoms with Gasteiger partial charge in [0.1, 0.15) is 12.1 Å². The van der Waals surface area contributed by atoms with E-state index in [1.54, 1.807) is 32.0 Å². The monoisotopic (exact) mass is 610 g/mol. The molecular weight excluding hydrogens is 576 g/mol. The average Bonchev–Trinajstić information content (AvgIpc) is 3.32. The highest BCUT2D eigenvalue weighted by atomic mass is 32.3. The van der Waals surface area contributed by atoms with Gasteiger partial charge in [0, 0.05) is 17.2 Å². The number of carbonyl (C=O) groups is 3. The van der Waals surface area contributed by atoms with Gasteiger partial charge in [0.05, 0.1) is 11.4 Å². The molecule has 4 rings (SSSR count). The summed E-state index contributed by atoms with van der Waals surface area (Å²) >= 11 is 1.08. The van der Waals surface area contributed by atoms with Crippen LogP contribution in [0, 0.1) is 0 Å². The summed E-state index contributed by atoms with van der Waals surface area (Å²) in [7, 11) is -3.81. The molecule has 1 saturated heterocycles. The van der Waals surface area contributed by atoms with Crippen molar-refractivity contribution in [2.45, 2.75) is 46.2 Å². The average molecular weight is 611 g/mol. The van der Waals surface area contributed by atoms with Crippen molar-refractivity contribution >= 4 is 39.5 Å². The lowest BCUT2D eigenvalue weighted by atomic mass is 9.91. The van der Waals surface area contributed by atoms with Crippen LogP contribution in [0.1, 0.15) is 30.9 Å². The Morgan fingerprint density at radius 3 is 1.88 bits per heavy atom. The summed E-state index contributed by atoms with van der Waals surface area (Å²) in [6.45, 7) is 3.32. The fraction of sp³-hybridized carbons (Fsp3) is 0.300. The second-order valence-electron chi connectivity index (χ2n) is 10.4. The Kier molecular flexibility index (Phi) is 9.92. The predicted octanol–water partition coefficient (Wildman–Crippen LogP) is 2.93. The molecule has 222 valence electrons. The van der Waals surface area contributed by atoms with Crippen molar-refractivity contribution in [1.82, 2.24) is 21.3 Å². The zero-order valence-electron chi connectivity index (χ0n) is 23.2. The number of hydrogen-bond donors (Lipinski definition) is 5. The number of benzene rings is 3. The first-order valence-corrected chi connectivity index (χ1v) is 15.8. The molecule has 0 aromatic heterocycles. The Morgan fingerprint density at radius 2 is 1.36 bits per heavy atom. The normalized spacial score (nSPS) is 18.6. The molecule has 1 fully saturated rings. The topological polar surface area (TPSA) is 154 Å². The van der Waals surface area contributed by atoms with Gasteiger partial charge in [-0.05, 0) is 37.1 Å². The molecule has 3 amide bonds. The maximum absolute atomic E-state index is 13.2. The summed E-state index contributed by atoms with van der Waals surface area (Å²) < 4.78 is 24.3. The molecule has 10 nitrogen and oxygen atoms in total. The standard InChI is InChI=1S/C30H34N4O6S2/c1-30(2)25(34-29(41-30)42(39,40)22-16-10-5-11-17-22)26(35)33-24(27(36)37)19-32-28(38)31-18-23(20-12-6-3-7-13-20)21-14-8-4-9-15-21/h3-17,23-25,29,34H,18-19H2,1-2H3,(H,33,35)(H,36,37)(H2,31,32,38). The van der Waals surface area contributed by atoms with E-state index < -0.39 is 49.3 Å². The van der Waals surface area contributed by atoms with Crippen LogP contribution in [0.15, 0.2) is 95.9 Å². The number of carboxylic acid groups (broad SMARTS) is 1. The zero-order chi connectivity index (χ0) is 30.3. The zero-order valence-corrected chi connectivity index (χ0v) is 24.8. The van der Waals surface area contributed by atoms with Crippen LogP contribution in [0.3, 0.4) is 0 Å². The third-order valence-corrected chi connectivity index (χ3v) is 10.8. The molecular formula is C30H34N4O6S2. The molecule has 1 heterocycles. The SMILES string of the molecule is CC1(C)SC(S(=O)(=O)c2ccccc2)NC1C(=O)NC(CNC(=O)NCC(c1ccccc1)c1ccccc1)C(=O)O. The van der Waals surface area contributed by atoms with E-state index in [1.165, 1.54) is 12.1 Å². The van der Waals surface area contributed by atoms with Crippen molar-refractivity contribution in [3.05, 3.63) is 102 Å². The number of thioether (sulfide) groups is 1. The van der Waals surface area contributed by atoms with Gasteiger partial charge in [-0.1, -0.05) is 78.9 Å². The predicted molar refractivity (Wildman–Crippen MR) is 162 cm³/mol. The van der Waals surface area contributed by atoms with E-state index in [1.807, 2.05) is 60.7 Å². The Hall–Kier alpha value is -3.87. The Morgan fingerprint density at radius 1 is 0.857 bits per heavy atom. The maximum Gasteiger partial charge on any atom is 0.328 e. The van der Waals surface area contributed by atoms with Crippen LogP contribution in [0.2, 0.25) is 0 Å². The molecule has 42 heavy (non-hydrogen) atoms. The third kappa shape index (κ3) is 7.50. The van der Waals surface area contributed by atoms with Crippen molar-refractivity contribution in [3.8, 4) is 0 Å². The first kappa shape index (κ1) is 31.1. The van der Waals surface area contributed by atoms with Crippen LogP contribution in [0.25, 0.3) is 0 Å². The van der Waals surface area contributed by atoms with E-state index in [0.29, 0.717) is 0 Å². The number of sulfone groups is 1. The van der Waals surface area contributed by atoms with Gasteiger partial charge in [0.25, 0.3) is 0 Å². The van der Waals surface area contributed by atoms with Crippen molar-refractivity contribution < 1.29 is 27.9 Å². The molecule has 0 saturated carbocycles. The molecule has 0 spiro atoms. The number of carbonyl (C=O) groups excluding carboxylic acids is 2. The molecule has 0 radical (unpaired) electrons. The van der Waals surface area contributed by atoms with E-state index in [2.05, 4.69) is 21.3 Å². The van der Waals surface area contributed by atoms with Crippen LogP contribution in [0.5, 0.6) is 0 Å². The molecule has 3 atom stereocenters. The second kappa shape index (κ2) is 13.4. The summed E-state index contributed by atoms with van der Waals surface area (Å²) in [5.74, 6) is -2.14. The number of amides is 3. The molecule has 12 heteroatoms. The number of carboxylic acids is 1. The van der Waals surface area contributed by atoms with E-state index in [-0.39, 0.29) is 23.9 Å². The minimum atomic E-state index is -3.81. The van der Waals surface area contributed by atoms with Gasteiger partial charge >= 0.3 is 12.0 Å². The highest BCUT2D eigenvalue weighted by Crippen LogP contribution is 2.41. The van der Waals surface area contributed by atoms with Gasteiger partial charge < -0.3 is 21.1 Å². The van der Waals surface area contributed by atoms with Crippen LogP contribution in [0.4, 0.5) is 4.79 Å². The molecule has 3 aromatic carbocycles. The van der Waals surface area contributed by atoms with Gasteiger partial charge in [-0.3, -0.25) is 10.1 Å². The van der Waals surface area contributed by atoms with Crippen molar-refractivity contribution in [2.75, 3.05) is 13.1 Å². The first-order chi connectivity index (χ1) is 20.0. The summed E-state index contributed by atoms with van der Waals surface area (Å²) in [5, 5.41) is 20.4. The fourth-order valence-corrected chi connectivity index (χ4v) is 8.45. The van der Waals surface area contributed by atoms with E-state index in [0.717, 1.165) is 22.9 Å². The highest BCUT2D eigenvalue weighted by Gasteiger charge is 2.50. The Balaban J connectivity index is 1.35. The summed E-state index contributed by atoms with van der Waals surface area (Å²) in [4.78, 5) is 37.9. The van der Waals surface area contributed by atoms with E-state index in [4.69, 9.17) is 0 Å². The minimum Gasteiger partial charge on any atom is -0.480 e. The first-order valence-electron chi connectivity index (χ1n) is 13.4. The van der Waals surface area contributed by atoms with Crippen molar-refractivity contribution in [2.24, 2.45) is 0 Å². The lowest BCUT2D eigenvalue weighted by molar-refractivity contribution is -0.142. The van der Waals surface area contributed by atoms with Crippen LogP contribution < -0.4 is 21.3 Å². The van der Waals surface area contributed by atoms with E-state index in [9.17, 15) is 27.9 Å². The van der Waals surface area contributed by atoms with Crippen LogP contribution in [-0.2, 0) is 19.4 Å². The summed E-state index contributed by atoms with van der Waals surface area (Å²) in [5.41, 5.74) is 2.02. The number of nitrogens with one attached hydrogen (secondary N) is 4.